The molecular weight excluding hydrogens is 253 g/mol. The highest BCUT2D eigenvalue weighted by molar-refractivity contribution is 6.62. The number of hydrogen-bond donors (Lipinski definition) is 0. The Morgan fingerprint density at radius 1 is 1.20 bits per heavy atom. The molecule has 0 bridgehead atoms. The fourth-order valence-corrected chi connectivity index (χ4v) is 2.12. The molecule has 3 rings (SSSR count). The van der Waals surface area contributed by atoms with Crippen LogP contribution in [0.1, 0.15) is 46.2 Å². The fraction of sp³-hybridized carbons (Fsp3) is 0.667. The molecule has 1 saturated carbocycles. The highest BCUT2D eigenvalue weighted by Crippen LogP contribution is 2.36. The zero-order valence-electron chi connectivity index (χ0n) is 12.9. The monoisotopic (exact) mass is 275 g/mol. The molecule has 1 aromatic rings. The van der Waals surface area contributed by atoms with E-state index in [1.807, 2.05) is 19.2 Å². The van der Waals surface area contributed by atoms with Gasteiger partial charge in [0.1, 0.15) is 5.75 Å². The maximum atomic E-state index is 6.05. The minimum absolute atomic E-state index is 0.333. The van der Waals surface area contributed by atoms with Gasteiger partial charge in [-0.05, 0) is 53.5 Å². The predicted octanol–water partition coefficient (Wildman–Crippen LogP) is 2.23. The van der Waals surface area contributed by atoms with Crippen LogP contribution in [0.15, 0.2) is 12.3 Å². The van der Waals surface area contributed by atoms with Crippen molar-refractivity contribution in [3.05, 3.63) is 18.0 Å². The standard InChI is InChI=1S/C15H22BNO3/c1-10-13(18-12-6-7-12)8-11(9-17-10)16-19-14(2,3)15(4,5)20-16/h8-9,12H,6-7H2,1-5H3. The van der Waals surface area contributed by atoms with Crippen LogP contribution in [0, 0.1) is 6.92 Å². The zero-order chi connectivity index (χ0) is 14.5. The van der Waals surface area contributed by atoms with E-state index in [4.69, 9.17) is 14.0 Å². The molecular formula is C15H22BNO3. The summed E-state index contributed by atoms with van der Waals surface area (Å²) in [5.74, 6) is 0.847. The maximum absolute atomic E-state index is 6.05. The Balaban J connectivity index is 1.84. The topological polar surface area (TPSA) is 40.6 Å². The summed E-state index contributed by atoms with van der Waals surface area (Å²) in [5.41, 5.74) is 1.17. The third-order valence-corrected chi connectivity index (χ3v) is 4.41. The van der Waals surface area contributed by atoms with Gasteiger partial charge in [0, 0.05) is 11.7 Å². The van der Waals surface area contributed by atoms with E-state index in [0.29, 0.717) is 6.10 Å². The lowest BCUT2D eigenvalue weighted by Gasteiger charge is -2.32. The molecule has 0 aromatic carbocycles. The highest BCUT2D eigenvalue weighted by Gasteiger charge is 2.52. The molecule has 0 unspecified atom stereocenters. The molecule has 1 saturated heterocycles. The second kappa shape index (κ2) is 4.47. The molecule has 2 heterocycles. The van der Waals surface area contributed by atoms with Crippen LogP contribution in [0.4, 0.5) is 0 Å². The lowest BCUT2D eigenvalue weighted by Crippen LogP contribution is -2.41. The van der Waals surface area contributed by atoms with E-state index in [1.165, 1.54) is 0 Å². The molecule has 1 aliphatic heterocycles. The molecule has 0 amide bonds. The van der Waals surface area contributed by atoms with Crippen molar-refractivity contribution in [1.82, 2.24) is 4.98 Å². The van der Waals surface area contributed by atoms with E-state index in [2.05, 4.69) is 32.7 Å². The van der Waals surface area contributed by atoms with Crippen LogP contribution in [0.5, 0.6) is 5.75 Å². The van der Waals surface area contributed by atoms with Crippen molar-refractivity contribution < 1.29 is 14.0 Å². The number of rotatable bonds is 3. The average molecular weight is 275 g/mol. The number of aromatic nitrogens is 1. The first-order valence-corrected chi connectivity index (χ1v) is 7.27. The van der Waals surface area contributed by atoms with Gasteiger partial charge in [-0.3, -0.25) is 4.98 Å². The van der Waals surface area contributed by atoms with Crippen LogP contribution in [-0.2, 0) is 9.31 Å². The second-order valence-electron chi connectivity index (χ2n) is 6.76. The summed E-state index contributed by atoms with van der Waals surface area (Å²) in [4.78, 5) is 4.42. The lowest BCUT2D eigenvalue weighted by molar-refractivity contribution is 0.00578. The van der Waals surface area contributed by atoms with Crippen LogP contribution in [0.2, 0.25) is 0 Å². The number of nitrogens with zero attached hydrogens (tertiary/aromatic N) is 1. The van der Waals surface area contributed by atoms with Crippen LogP contribution >= 0.6 is 0 Å². The molecule has 2 aliphatic rings. The van der Waals surface area contributed by atoms with E-state index in [0.717, 1.165) is 29.7 Å². The molecule has 0 atom stereocenters. The van der Waals surface area contributed by atoms with Gasteiger partial charge in [0.25, 0.3) is 0 Å². The minimum atomic E-state index is -0.380. The normalized spacial score (nSPS) is 23.9. The Hall–Kier alpha value is -1.07. The van der Waals surface area contributed by atoms with Gasteiger partial charge in [-0.2, -0.15) is 0 Å². The van der Waals surface area contributed by atoms with Gasteiger partial charge >= 0.3 is 7.12 Å². The predicted molar refractivity (Wildman–Crippen MR) is 78.3 cm³/mol. The first kappa shape index (κ1) is 13.9. The van der Waals surface area contributed by atoms with Gasteiger partial charge in [0.05, 0.1) is 23.0 Å². The van der Waals surface area contributed by atoms with Gasteiger partial charge in [0.15, 0.2) is 0 Å². The summed E-state index contributed by atoms with van der Waals surface area (Å²) < 4.78 is 18.0. The van der Waals surface area contributed by atoms with Gasteiger partial charge < -0.3 is 14.0 Å². The first-order chi connectivity index (χ1) is 9.28. The van der Waals surface area contributed by atoms with Gasteiger partial charge in [0.2, 0.25) is 0 Å². The largest absolute Gasteiger partial charge is 0.496 e. The third kappa shape index (κ3) is 2.45. The summed E-state index contributed by atoms with van der Waals surface area (Å²) in [7, 11) is -0.380. The molecule has 108 valence electrons. The summed E-state index contributed by atoms with van der Waals surface area (Å²) in [6, 6.07) is 2.00. The van der Waals surface area contributed by atoms with Crippen molar-refractivity contribution in [2.75, 3.05) is 0 Å². The van der Waals surface area contributed by atoms with Crippen molar-refractivity contribution in [2.24, 2.45) is 0 Å². The number of aryl methyl sites for hydroxylation is 1. The number of hydrogen-bond acceptors (Lipinski definition) is 4. The molecule has 2 fully saturated rings. The zero-order valence-corrected chi connectivity index (χ0v) is 12.9. The molecule has 0 spiro atoms. The fourth-order valence-electron chi connectivity index (χ4n) is 2.12. The van der Waals surface area contributed by atoms with E-state index >= 15 is 0 Å². The van der Waals surface area contributed by atoms with Crippen molar-refractivity contribution in [3.63, 3.8) is 0 Å². The van der Waals surface area contributed by atoms with E-state index < -0.39 is 0 Å². The van der Waals surface area contributed by atoms with Crippen LogP contribution in [0.25, 0.3) is 0 Å². The molecule has 0 N–H and O–H groups in total. The van der Waals surface area contributed by atoms with E-state index in [1.54, 1.807) is 0 Å². The summed E-state index contributed by atoms with van der Waals surface area (Å²) in [6.07, 6.45) is 4.46. The Morgan fingerprint density at radius 2 is 1.80 bits per heavy atom. The third-order valence-electron chi connectivity index (χ3n) is 4.41. The van der Waals surface area contributed by atoms with Crippen molar-refractivity contribution in [2.45, 2.75) is 64.8 Å². The lowest BCUT2D eigenvalue weighted by atomic mass is 9.80. The first-order valence-electron chi connectivity index (χ1n) is 7.27. The van der Waals surface area contributed by atoms with Gasteiger partial charge in [-0.15, -0.1) is 0 Å². The Morgan fingerprint density at radius 3 is 2.35 bits per heavy atom. The minimum Gasteiger partial charge on any atom is -0.489 e. The average Bonchev–Trinajstić information content (AvgIpc) is 3.10. The Labute approximate surface area is 121 Å². The Kier molecular flexibility index (Phi) is 3.10. The summed E-state index contributed by atoms with van der Waals surface area (Å²) >= 11 is 0. The van der Waals surface area contributed by atoms with Crippen molar-refractivity contribution in [1.29, 1.82) is 0 Å². The molecule has 20 heavy (non-hydrogen) atoms. The Bertz CT molecular complexity index is 510. The number of pyridine rings is 1. The molecule has 4 nitrogen and oxygen atoms in total. The quantitative estimate of drug-likeness (QED) is 0.793. The van der Waals surface area contributed by atoms with Gasteiger partial charge in [-0.25, -0.2) is 0 Å². The number of ether oxygens (including phenoxy) is 1. The van der Waals surface area contributed by atoms with E-state index in [-0.39, 0.29) is 18.3 Å². The SMILES string of the molecule is Cc1ncc(B2OC(C)(C)C(C)(C)O2)cc1OC1CC1. The molecule has 1 aliphatic carbocycles. The maximum Gasteiger partial charge on any atom is 0.496 e. The summed E-state index contributed by atoms with van der Waals surface area (Å²) in [5, 5.41) is 0. The summed E-state index contributed by atoms with van der Waals surface area (Å²) in [6.45, 7) is 10.2. The van der Waals surface area contributed by atoms with Crippen LogP contribution in [0.3, 0.4) is 0 Å². The molecule has 5 heteroatoms. The van der Waals surface area contributed by atoms with Crippen LogP contribution in [-0.4, -0.2) is 29.4 Å². The van der Waals surface area contributed by atoms with Crippen molar-refractivity contribution in [3.8, 4) is 5.75 Å². The highest BCUT2D eigenvalue weighted by atomic mass is 16.7. The second-order valence-corrected chi connectivity index (χ2v) is 6.76. The van der Waals surface area contributed by atoms with Gasteiger partial charge in [-0.1, -0.05) is 0 Å². The molecule has 1 aromatic heterocycles. The smallest absolute Gasteiger partial charge is 0.489 e. The molecule has 0 radical (unpaired) electrons. The van der Waals surface area contributed by atoms with E-state index in [9.17, 15) is 0 Å². The van der Waals surface area contributed by atoms with Crippen molar-refractivity contribution >= 4 is 12.6 Å². The van der Waals surface area contributed by atoms with Crippen LogP contribution < -0.4 is 10.2 Å².